The normalized spacial score (nSPS) is 18.9. The zero-order chi connectivity index (χ0) is 27.0. The summed E-state index contributed by atoms with van der Waals surface area (Å²) in [5.41, 5.74) is 0.884. The first-order valence-electron chi connectivity index (χ1n) is 12.1. The maximum atomic E-state index is 14.8. The van der Waals surface area contributed by atoms with Crippen molar-refractivity contribution in [3.8, 4) is 5.75 Å². The Morgan fingerprint density at radius 1 is 1.16 bits per heavy atom. The molecule has 1 heterocycles. The Kier molecular flexibility index (Phi) is 8.40. The molecule has 1 atom stereocenters. The lowest BCUT2D eigenvalue weighted by atomic mass is 9.90. The Morgan fingerprint density at radius 3 is 2.32 bits per heavy atom. The number of carbonyl (C=O) groups excluding carboxylic acids is 1. The molecule has 1 saturated carbocycles. The summed E-state index contributed by atoms with van der Waals surface area (Å²) in [7, 11) is -2.16. The van der Waals surface area contributed by atoms with Crippen LogP contribution in [0.25, 0.3) is 0 Å². The molecular formula is C26H31Cl2FN2O5S. The fraction of sp³-hybridized carbons (Fsp3) is 0.500. The van der Waals surface area contributed by atoms with E-state index in [4.69, 9.17) is 32.7 Å². The molecule has 2 fully saturated rings. The first kappa shape index (κ1) is 28.1. The van der Waals surface area contributed by atoms with E-state index in [1.165, 1.54) is 12.1 Å². The van der Waals surface area contributed by atoms with Crippen LogP contribution in [-0.2, 0) is 14.8 Å². The van der Waals surface area contributed by atoms with Crippen LogP contribution in [-0.4, -0.2) is 57.9 Å². The Bertz CT molecular complexity index is 1260. The van der Waals surface area contributed by atoms with Crippen LogP contribution >= 0.6 is 23.2 Å². The number of halogens is 3. The SMILES string of the molecule is COC1(COc2cc(F)c(C(=O)NS(C)(=O)=O)cc2C2CC2)CCN(C(C)c2cc(Cl)cc(Cl)c2)CC1. The topological polar surface area (TPSA) is 84.9 Å². The molecular weight excluding hydrogens is 542 g/mol. The number of methoxy groups -OCH3 is 1. The van der Waals surface area contributed by atoms with Gasteiger partial charge in [-0.1, -0.05) is 23.2 Å². The molecule has 0 radical (unpaired) electrons. The number of hydrogen-bond acceptors (Lipinski definition) is 6. The Labute approximate surface area is 227 Å². The first-order valence-corrected chi connectivity index (χ1v) is 14.8. The minimum absolute atomic E-state index is 0.119. The first-order chi connectivity index (χ1) is 17.4. The molecule has 1 N–H and O–H groups in total. The van der Waals surface area contributed by atoms with Crippen LogP contribution in [0.5, 0.6) is 5.75 Å². The second kappa shape index (κ2) is 11.1. The lowest BCUT2D eigenvalue weighted by Gasteiger charge is -2.42. The van der Waals surface area contributed by atoms with E-state index in [0.29, 0.717) is 34.2 Å². The zero-order valence-electron chi connectivity index (χ0n) is 21.0. The quantitative estimate of drug-likeness (QED) is 0.437. The van der Waals surface area contributed by atoms with E-state index in [-0.39, 0.29) is 24.1 Å². The van der Waals surface area contributed by atoms with Crippen LogP contribution in [0.4, 0.5) is 4.39 Å². The fourth-order valence-electron chi connectivity index (χ4n) is 4.77. The number of rotatable bonds is 9. The van der Waals surface area contributed by atoms with Gasteiger partial charge in [0.2, 0.25) is 10.0 Å². The summed E-state index contributed by atoms with van der Waals surface area (Å²) in [6.07, 6.45) is 4.05. The number of amides is 1. The molecule has 4 rings (SSSR count). The van der Waals surface area contributed by atoms with Crippen LogP contribution in [0.15, 0.2) is 30.3 Å². The Balaban J connectivity index is 1.45. The van der Waals surface area contributed by atoms with E-state index in [2.05, 4.69) is 11.8 Å². The average molecular weight is 574 g/mol. The Morgan fingerprint density at radius 2 is 1.78 bits per heavy atom. The molecule has 2 aromatic carbocycles. The highest BCUT2D eigenvalue weighted by atomic mass is 35.5. The van der Waals surface area contributed by atoms with Gasteiger partial charge in [-0.3, -0.25) is 9.69 Å². The van der Waals surface area contributed by atoms with E-state index in [1.807, 2.05) is 16.9 Å². The third-order valence-corrected chi connectivity index (χ3v) is 8.18. The molecule has 1 aliphatic heterocycles. The molecule has 0 bridgehead atoms. The van der Waals surface area contributed by atoms with Crippen molar-refractivity contribution in [2.45, 2.75) is 50.2 Å². The number of sulfonamides is 1. The van der Waals surface area contributed by atoms with Crippen molar-refractivity contribution in [3.05, 3.63) is 62.9 Å². The van der Waals surface area contributed by atoms with E-state index < -0.39 is 27.3 Å². The standard InChI is InChI=1S/C26H31Cl2FN2O5S/c1-16(18-10-19(27)12-20(28)11-18)31-8-6-26(35-2,7-9-31)15-36-24-14-23(29)22(13-21(24)17-4-5-17)25(32)30-37(3,33)34/h10-14,16-17H,4-9,15H2,1-3H3,(H,30,32). The van der Waals surface area contributed by atoms with Gasteiger partial charge < -0.3 is 9.47 Å². The van der Waals surface area contributed by atoms with Gasteiger partial charge in [0, 0.05) is 42.4 Å². The molecule has 1 saturated heterocycles. The minimum Gasteiger partial charge on any atom is -0.490 e. The molecule has 1 aliphatic carbocycles. The molecule has 1 amide bonds. The van der Waals surface area contributed by atoms with Gasteiger partial charge in [-0.05, 0) is 73.9 Å². The summed E-state index contributed by atoms with van der Waals surface area (Å²) in [6, 6.07) is 8.26. The van der Waals surface area contributed by atoms with Crippen molar-refractivity contribution in [1.82, 2.24) is 9.62 Å². The fourth-order valence-corrected chi connectivity index (χ4v) is 5.76. The van der Waals surface area contributed by atoms with Gasteiger partial charge in [-0.15, -0.1) is 0 Å². The number of benzene rings is 2. The van der Waals surface area contributed by atoms with E-state index in [9.17, 15) is 17.6 Å². The number of nitrogens with zero attached hydrogens (tertiary/aromatic N) is 1. The van der Waals surface area contributed by atoms with Crippen molar-refractivity contribution in [2.24, 2.45) is 0 Å². The highest BCUT2D eigenvalue weighted by Crippen LogP contribution is 2.45. The lowest BCUT2D eigenvalue weighted by Crippen LogP contribution is -2.49. The Hall–Kier alpha value is -1.91. The van der Waals surface area contributed by atoms with Crippen LogP contribution in [0.1, 0.15) is 66.1 Å². The number of likely N-dealkylation sites (tertiary alicyclic amines) is 1. The summed E-state index contributed by atoms with van der Waals surface area (Å²) in [5, 5.41) is 1.20. The molecule has 2 aromatic rings. The van der Waals surface area contributed by atoms with E-state index >= 15 is 0 Å². The summed E-state index contributed by atoms with van der Waals surface area (Å²) in [6.45, 7) is 3.86. The van der Waals surface area contributed by atoms with Crippen molar-refractivity contribution in [1.29, 1.82) is 0 Å². The van der Waals surface area contributed by atoms with Crippen molar-refractivity contribution in [2.75, 3.05) is 33.1 Å². The average Bonchev–Trinajstić information content (AvgIpc) is 3.66. The van der Waals surface area contributed by atoms with Gasteiger partial charge in [0.25, 0.3) is 5.91 Å². The van der Waals surface area contributed by atoms with E-state index in [1.54, 1.807) is 13.2 Å². The largest absolute Gasteiger partial charge is 0.490 e. The van der Waals surface area contributed by atoms with Crippen LogP contribution in [0.3, 0.4) is 0 Å². The van der Waals surface area contributed by atoms with Gasteiger partial charge in [0.1, 0.15) is 23.8 Å². The van der Waals surface area contributed by atoms with Gasteiger partial charge in [0.15, 0.2) is 0 Å². The van der Waals surface area contributed by atoms with Crippen molar-refractivity contribution < 1.29 is 27.1 Å². The molecule has 2 aliphatic rings. The summed E-state index contributed by atoms with van der Waals surface area (Å²) in [4.78, 5) is 14.6. The smallest absolute Gasteiger partial charge is 0.267 e. The second-order valence-electron chi connectivity index (χ2n) is 9.94. The third kappa shape index (κ3) is 6.95. The van der Waals surface area contributed by atoms with Crippen LogP contribution in [0, 0.1) is 5.82 Å². The lowest BCUT2D eigenvalue weighted by molar-refractivity contribution is -0.0877. The van der Waals surface area contributed by atoms with E-state index in [0.717, 1.165) is 37.8 Å². The zero-order valence-corrected chi connectivity index (χ0v) is 23.4. The summed E-state index contributed by atoms with van der Waals surface area (Å²) in [5.74, 6) is -1.33. The van der Waals surface area contributed by atoms with Crippen molar-refractivity contribution >= 4 is 39.1 Å². The highest BCUT2D eigenvalue weighted by Gasteiger charge is 2.38. The number of nitrogens with one attached hydrogen (secondary N) is 1. The predicted octanol–water partition coefficient (Wildman–Crippen LogP) is 5.32. The molecule has 7 nitrogen and oxygen atoms in total. The summed E-state index contributed by atoms with van der Waals surface area (Å²) < 4.78 is 51.6. The maximum absolute atomic E-state index is 14.8. The minimum atomic E-state index is -3.82. The van der Waals surface area contributed by atoms with Gasteiger partial charge >= 0.3 is 0 Å². The van der Waals surface area contributed by atoms with Gasteiger partial charge in [0.05, 0.1) is 11.8 Å². The maximum Gasteiger partial charge on any atom is 0.267 e. The molecule has 1 unspecified atom stereocenters. The monoisotopic (exact) mass is 572 g/mol. The second-order valence-corrected chi connectivity index (χ2v) is 12.6. The molecule has 37 heavy (non-hydrogen) atoms. The number of ether oxygens (including phenoxy) is 2. The van der Waals surface area contributed by atoms with Gasteiger partial charge in [-0.2, -0.15) is 0 Å². The number of piperidine rings is 1. The van der Waals surface area contributed by atoms with Gasteiger partial charge in [-0.25, -0.2) is 17.5 Å². The molecule has 11 heteroatoms. The third-order valence-electron chi connectivity index (χ3n) is 7.19. The summed E-state index contributed by atoms with van der Waals surface area (Å²) >= 11 is 12.4. The van der Waals surface area contributed by atoms with Crippen LogP contribution in [0.2, 0.25) is 10.0 Å². The van der Waals surface area contributed by atoms with Crippen LogP contribution < -0.4 is 9.46 Å². The highest BCUT2D eigenvalue weighted by molar-refractivity contribution is 7.89. The van der Waals surface area contributed by atoms with Crippen molar-refractivity contribution in [3.63, 3.8) is 0 Å². The predicted molar refractivity (Wildman–Crippen MR) is 142 cm³/mol. The molecule has 0 aromatic heterocycles. The number of hydrogen-bond donors (Lipinski definition) is 1. The number of carbonyl (C=O) groups is 1. The molecule has 202 valence electrons. The molecule has 0 spiro atoms.